The van der Waals surface area contributed by atoms with Crippen molar-refractivity contribution < 1.29 is 4.79 Å². The standard InChI is InChI=1S/C20H19N5O2/c1-25-12-14(8-7-13-5-3-2-4-6-13)16-9-17(24-18(16)20(25)27)19(26)23-15-10-21-22-11-15/h2-6,9-12,24H,7-8H2,1H3,(H,21,22)(H,23,26). The number of H-pyrrole nitrogens is 2. The first-order chi connectivity index (χ1) is 13.1. The number of rotatable bonds is 5. The molecular weight excluding hydrogens is 342 g/mol. The highest BCUT2D eigenvalue weighted by atomic mass is 16.2. The molecule has 0 atom stereocenters. The van der Waals surface area contributed by atoms with Crippen LogP contribution in [0.15, 0.2) is 59.8 Å². The van der Waals surface area contributed by atoms with Crippen molar-refractivity contribution >= 4 is 22.5 Å². The number of nitrogens with one attached hydrogen (secondary N) is 3. The Hall–Kier alpha value is -3.61. The Morgan fingerprint density at radius 2 is 2.04 bits per heavy atom. The molecule has 0 aliphatic carbocycles. The van der Waals surface area contributed by atoms with Crippen molar-refractivity contribution in [3.05, 3.63) is 82.2 Å². The molecule has 0 saturated heterocycles. The van der Waals surface area contributed by atoms with Gasteiger partial charge in [0.1, 0.15) is 11.2 Å². The van der Waals surface area contributed by atoms with Gasteiger partial charge in [-0.1, -0.05) is 30.3 Å². The van der Waals surface area contributed by atoms with Crippen LogP contribution in [-0.4, -0.2) is 25.7 Å². The topological polar surface area (TPSA) is 95.6 Å². The van der Waals surface area contributed by atoms with Gasteiger partial charge >= 0.3 is 0 Å². The number of fused-ring (bicyclic) bond motifs is 1. The molecule has 3 aromatic heterocycles. The number of carbonyl (C=O) groups is 1. The maximum absolute atomic E-state index is 12.5. The molecule has 136 valence electrons. The van der Waals surface area contributed by atoms with E-state index < -0.39 is 0 Å². The minimum atomic E-state index is -0.316. The van der Waals surface area contributed by atoms with E-state index in [4.69, 9.17) is 0 Å². The molecule has 3 N–H and O–H groups in total. The van der Waals surface area contributed by atoms with E-state index in [1.807, 2.05) is 24.4 Å². The van der Waals surface area contributed by atoms with Crippen LogP contribution in [0.25, 0.3) is 10.9 Å². The fourth-order valence-corrected chi connectivity index (χ4v) is 3.18. The van der Waals surface area contributed by atoms with Crippen LogP contribution in [0.2, 0.25) is 0 Å². The average Bonchev–Trinajstić information content (AvgIpc) is 3.34. The van der Waals surface area contributed by atoms with E-state index in [9.17, 15) is 9.59 Å². The highest BCUT2D eigenvalue weighted by Gasteiger charge is 2.15. The van der Waals surface area contributed by atoms with E-state index in [1.165, 1.54) is 11.8 Å². The van der Waals surface area contributed by atoms with Gasteiger partial charge in [0.15, 0.2) is 0 Å². The maximum atomic E-state index is 12.5. The number of benzene rings is 1. The van der Waals surface area contributed by atoms with Crippen molar-refractivity contribution in [2.24, 2.45) is 7.05 Å². The van der Waals surface area contributed by atoms with Gasteiger partial charge in [0.2, 0.25) is 0 Å². The molecule has 3 heterocycles. The lowest BCUT2D eigenvalue weighted by Crippen LogP contribution is -2.18. The molecule has 1 aromatic carbocycles. The molecule has 0 aliphatic heterocycles. The number of aryl methyl sites for hydroxylation is 3. The molecule has 7 heteroatoms. The summed E-state index contributed by atoms with van der Waals surface area (Å²) >= 11 is 0. The van der Waals surface area contributed by atoms with Crippen LogP contribution in [0.1, 0.15) is 21.6 Å². The lowest BCUT2D eigenvalue weighted by atomic mass is 10.0. The van der Waals surface area contributed by atoms with Gasteiger partial charge in [-0.05, 0) is 30.0 Å². The molecule has 0 spiro atoms. The molecule has 0 fully saturated rings. The Kier molecular flexibility index (Phi) is 4.33. The highest BCUT2D eigenvalue weighted by Crippen LogP contribution is 2.20. The molecular formula is C20H19N5O2. The largest absolute Gasteiger partial charge is 0.346 e. The van der Waals surface area contributed by atoms with Crippen LogP contribution >= 0.6 is 0 Å². The number of anilines is 1. The summed E-state index contributed by atoms with van der Waals surface area (Å²) in [6.45, 7) is 0. The molecule has 4 aromatic rings. The Balaban J connectivity index is 1.67. The molecule has 7 nitrogen and oxygen atoms in total. The fourth-order valence-electron chi connectivity index (χ4n) is 3.18. The number of nitrogens with zero attached hydrogens (tertiary/aromatic N) is 2. The van der Waals surface area contributed by atoms with Crippen LogP contribution in [0.4, 0.5) is 5.69 Å². The Morgan fingerprint density at radius 3 is 2.78 bits per heavy atom. The predicted molar refractivity (Wildman–Crippen MR) is 104 cm³/mol. The second kappa shape index (κ2) is 6.95. The minimum Gasteiger partial charge on any atom is -0.346 e. The molecule has 4 rings (SSSR count). The summed E-state index contributed by atoms with van der Waals surface area (Å²) < 4.78 is 1.55. The molecule has 0 radical (unpaired) electrons. The summed E-state index contributed by atoms with van der Waals surface area (Å²) in [5, 5.41) is 9.97. The van der Waals surface area contributed by atoms with Gasteiger partial charge in [0, 0.05) is 24.8 Å². The first-order valence-corrected chi connectivity index (χ1v) is 8.67. The van der Waals surface area contributed by atoms with Crippen molar-refractivity contribution in [1.29, 1.82) is 0 Å². The summed E-state index contributed by atoms with van der Waals surface area (Å²) in [7, 11) is 1.72. The van der Waals surface area contributed by atoms with Crippen molar-refractivity contribution in [1.82, 2.24) is 19.7 Å². The first-order valence-electron chi connectivity index (χ1n) is 8.67. The minimum absolute atomic E-state index is 0.157. The van der Waals surface area contributed by atoms with Crippen molar-refractivity contribution in [3.63, 3.8) is 0 Å². The summed E-state index contributed by atoms with van der Waals surface area (Å²) in [6.07, 6.45) is 6.58. The quantitative estimate of drug-likeness (QED) is 0.510. The molecule has 0 aliphatic rings. The van der Waals surface area contributed by atoms with E-state index in [0.717, 1.165) is 23.8 Å². The Labute approximate surface area is 155 Å². The average molecular weight is 361 g/mol. The molecule has 0 bridgehead atoms. The maximum Gasteiger partial charge on any atom is 0.274 e. The lowest BCUT2D eigenvalue weighted by molar-refractivity contribution is 0.102. The smallest absolute Gasteiger partial charge is 0.274 e. The third-order valence-corrected chi connectivity index (χ3v) is 4.57. The van der Waals surface area contributed by atoms with Crippen LogP contribution in [0, 0.1) is 0 Å². The van der Waals surface area contributed by atoms with Crippen LogP contribution in [0.5, 0.6) is 0 Å². The predicted octanol–water partition coefficient (Wildman–Crippen LogP) is 2.63. The number of pyridine rings is 1. The lowest BCUT2D eigenvalue weighted by Gasteiger charge is -2.06. The first kappa shape index (κ1) is 16.8. The highest BCUT2D eigenvalue weighted by molar-refractivity contribution is 6.06. The zero-order valence-corrected chi connectivity index (χ0v) is 14.8. The Morgan fingerprint density at radius 1 is 1.22 bits per heavy atom. The van der Waals surface area contributed by atoms with Crippen molar-refractivity contribution in [2.45, 2.75) is 12.8 Å². The van der Waals surface area contributed by atoms with Crippen LogP contribution < -0.4 is 10.9 Å². The molecule has 27 heavy (non-hydrogen) atoms. The van der Waals surface area contributed by atoms with Gasteiger partial charge in [-0.15, -0.1) is 0 Å². The third-order valence-electron chi connectivity index (χ3n) is 4.57. The van der Waals surface area contributed by atoms with E-state index in [-0.39, 0.29) is 11.5 Å². The van der Waals surface area contributed by atoms with Crippen LogP contribution in [0.3, 0.4) is 0 Å². The Bertz CT molecular complexity index is 1140. The summed E-state index contributed by atoms with van der Waals surface area (Å²) in [5.74, 6) is -0.316. The second-order valence-electron chi connectivity index (χ2n) is 6.47. The summed E-state index contributed by atoms with van der Waals surface area (Å²) in [4.78, 5) is 27.9. The molecule has 0 unspecified atom stereocenters. The zero-order chi connectivity index (χ0) is 18.8. The number of amides is 1. The second-order valence-corrected chi connectivity index (χ2v) is 6.47. The zero-order valence-electron chi connectivity index (χ0n) is 14.8. The van der Waals surface area contributed by atoms with Gasteiger partial charge in [0.25, 0.3) is 11.5 Å². The van der Waals surface area contributed by atoms with Crippen molar-refractivity contribution in [3.8, 4) is 0 Å². The summed E-state index contributed by atoms with van der Waals surface area (Å²) in [6, 6.07) is 11.9. The number of aromatic nitrogens is 4. The van der Waals surface area contributed by atoms with Crippen LogP contribution in [-0.2, 0) is 19.9 Å². The molecule has 0 saturated carbocycles. The SMILES string of the molecule is Cn1cc(CCc2ccccc2)c2cc(C(=O)Nc3cn[nH]c3)[nH]c2c1=O. The normalized spacial score (nSPS) is 11.0. The monoisotopic (exact) mass is 361 g/mol. The number of aromatic amines is 2. The van der Waals surface area contributed by atoms with Gasteiger partial charge in [-0.2, -0.15) is 5.10 Å². The number of carbonyl (C=O) groups excluding carboxylic acids is 1. The fraction of sp³-hybridized carbons (Fsp3) is 0.150. The van der Waals surface area contributed by atoms with E-state index in [1.54, 1.807) is 23.9 Å². The van der Waals surface area contributed by atoms with E-state index >= 15 is 0 Å². The third kappa shape index (κ3) is 3.39. The summed E-state index contributed by atoms with van der Waals surface area (Å²) in [5.41, 5.74) is 3.45. The van der Waals surface area contributed by atoms with Gasteiger partial charge in [-0.3, -0.25) is 14.7 Å². The van der Waals surface area contributed by atoms with E-state index in [2.05, 4.69) is 32.6 Å². The number of hydrogen-bond donors (Lipinski definition) is 3. The van der Waals surface area contributed by atoms with Gasteiger partial charge in [-0.25, -0.2) is 0 Å². The van der Waals surface area contributed by atoms with Crippen molar-refractivity contribution in [2.75, 3.05) is 5.32 Å². The van der Waals surface area contributed by atoms with E-state index in [0.29, 0.717) is 16.9 Å². The number of hydrogen-bond acceptors (Lipinski definition) is 3. The molecule has 1 amide bonds. The van der Waals surface area contributed by atoms with Gasteiger partial charge < -0.3 is 14.9 Å². The van der Waals surface area contributed by atoms with Gasteiger partial charge in [0.05, 0.1) is 11.9 Å².